The highest BCUT2D eigenvalue weighted by Crippen LogP contribution is 2.29. The molecule has 5 heteroatoms. The Hall–Kier alpha value is -1.36. The van der Waals surface area contributed by atoms with Gasteiger partial charge in [-0.3, -0.25) is 4.79 Å². The number of halogens is 4. The molecule has 0 saturated carbocycles. The van der Waals surface area contributed by atoms with Crippen LogP contribution < -0.4 is 0 Å². The van der Waals surface area contributed by atoms with Crippen molar-refractivity contribution in [3.63, 3.8) is 0 Å². The molecule has 0 aliphatic rings. The van der Waals surface area contributed by atoms with Crippen molar-refractivity contribution in [1.29, 1.82) is 0 Å². The van der Waals surface area contributed by atoms with Crippen LogP contribution in [0.1, 0.15) is 10.4 Å². The van der Waals surface area contributed by atoms with Crippen molar-refractivity contribution in [2.45, 2.75) is 6.43 Å². The van der Waals surface area contributed by atoms with Gasteiger partial charge in [0.1, 0.15) is 5.82 Å². The fourth-order valence-corrected chi connectivity index (χ4v) is 2.17. The minimum atomic E-state index is -3.21. The molecule has 0 saturated heterocycles. The van der Waals surface area contributed by atoms with E-state index in [1.54, 1.807) is 18.2 Å². The SMILES string of the molecule is O=C(c1cc(Br)c2ccccc2c1F)C(F)F. The van der Waals surface area contributed by atoms with Crippen molar-refractivity contribution >= 4 is 32.5 Å². The van der Waals surface area contributed by atoms with Gasteiger partial charge in [0.05, 0.1) is 5.56 Å². The zero-order valence-corrected chi connectivity index (χ0v) is 9.97. The van der Waals surface area contributed by atoms with Crippen LogP contribution in [-0.2, 0) is 0 Å². The van der Waals surface area contributed by atoms with E-state index in [4.69, 9.17) is 0 Å². The van der Waals surface area contributed by atoms with Gasteiger partial charge in [-0.15, -0.1) is 0 Å². The van der Waals surface area contributed by atoms with E-state index < -0.39 is 23.6 Å². The molecule has 2 rings (SSSR count). The quantitative estimate of drug-likeness (QED) is 0.760. The average Bonchev–Trinajstić information content (AvgIpc) is 2.33. The minimum absolute atomic E-state index is 0.144. The van der Waals surface area contributed by atoms with Crippen molar-refractivity contribution in [3.8, 4) is 0 Å². The smallest absolute Gasteiger partial charge is 0.288 e. The van der Waals surface area contributed by atoms with E-state index in [-0.39, 0.29) is 5.39 Å². The summed E-state index contributed by atoms with van der Waals surface area (Å²) in [5.74, 6) is -2.41. The van der Waals surface area contributed by atoms with Gasteiger partial charge < -0.3 is 0 Å². The van der Waals surface area contributed by atoms with Crippen LogP contribution in [0.4, 0.5) is 13.2 Å². The first kappa shape index (κ1) is 12.1. The van der Waals surface area contributed by atoms with Crippen LogP contribution in [-0.4, -0.2) is 12.2 Å². The third-order valence-electron chi connectivity index (χ3n) is 2.39. The fraction of sp³-hybridized carbons (Fsp3) is 0.0833. The topological polar surface area (TPSA) is 17.1 Å². The van der Waals surface area contributed by atoms with Crippen LogP contribution in [0.5, 0.6) is 0 Å². The largest absolute Gasteiger partial charge is 0.300 e. The Morgan fingerprint density at radius 1 is 1.18 bits per heavy atom. The second-order valence-electron chi connectivity index (χ2n) is 3.43. The lowest BCUT2D eigenvalue weighted by atomic mass is 10.0. The number of ketones is 1. The van der Waals surface area contributed by atoms with Gasteiger partial charge in [0.2, 0.25) is 5.78 Å². The molecule has 0 aliphatic heterocycles. The molecular formula is C12H6BrF3O. The highest BCUT2D eigenvalue weighted by molar-refractivity contribution is 9.10. The lowest BCUT2D eigenvalue weighted by Gasteiger charge is -2.07. The number of hydrogen-bond donors (Lipinski definition) is 0. The normalized spacial score (nSPS) is 11.1. The van der Waals surface area contributed by atoms with Gasteiger partial charge in [0, 0.05) is 9.86 Å². The Bertz CT molecular complexity index is 596. The van der Waals surface area contributed by atoms with E-state index in [1.165, 1.54) is 6.07 Å². The summed E-state index contributed by atoms with van der Waals surface area (Å²) in [4.78, 5) is 11.2. The van der Waals surface area contributed by atoms with Crippen LogP contribution in [0.25, 0.3) is 10.8 Å². The molecule has 0 bridgehead atoms. The van der Waals surface area contributed by atoms with Crippen LogP contribution in [0.3, 0.4) is 0 Å². The number of alkyl halides is 2. The number of benzene rings is 2. The zero-order chi connectivity index (χ0) is 12.6. The van der Waals surface area contributed by atoms with E-state index in [9.17, 15) is 18.0 Å². The van der Waals surface area contributed by atoms with Gasteiger partial charge in [-0.2, -0.15) is 0 Å². The first-order chi connectivity index (χ1) is 8.02. The van der Waals surface area contributed by atoms with Gasteiger partial charge in [0.25, 0.3) is 0 Å². The number of Topliss-reactive ketones (excluding diaryl/α,β-unsaturated/α-hetero) is 1. The molecule has 0 spiro atoms. The van der Waals surface area contributed by atoms with E-state index in [0.29, 0.717) is 9.86 Å². The summed E-state index contributed by atoms with van der Waals surface area (Å²) in [5, 5.41) is 0.682. The molecule has 0 fully saturated rings. The highest BCUT2D eigenvalue weighted by atomic mass is 79.9. The molecule has 0 aliphatic carbocycles. The van der Waals surface area contributed by atoms with Crippen molar-refractivity contribution < 1.29 is 18.0 Å². The number of carbonyl (C=O) groups is 1. The molecule has 17 heavy (non-hydrogen) atoms. The fourth-order valence-electron chi connectivity index (χ4n) is 1.59. The molecule has 1 nitrogen and oxygen atoms in total. The van der Waals surface area contributed by atoms with Crippen molar-refractivity contribution in [2.24, 2.45) is 0 Å². The second-order valence-corrected chi connectivity index (χ2v) is 4.28. The summed E-state index contributed by atoms with van der Waals surface area (Å²) in [6, 6.07) is 7.44. The Balaban J connectivity index is 2.75. The molecule has 88 valence electrons. The van der Waals surface area contributed by atoms with Crippen LogP contribution >= 0.6 is 15.9 Å². The maximum atomic E-state index is 13.9. The third-order valence-corrected chi connectivity index (χ3v) is 3.05. The molecule has 0 heterocycles. The van der Waals surface area contributed by atoms with Gasteiger partial charge >= 0.3 is 6.43 Å². The monoisotopic (exact) mass is 302 g/mol. The van der Waals surface area contributed by atoms with E-state index >= 15 is 0 Å². The maximum absolute atomic E-state index is 13.9. The molecule has 0 aromatic heterocycles. The van der Waals surface area contributed by atoms with Crippen molar-refractivity contribution in [3.05, 3.63) is 46.2 Å². The summed E-state index contributed by atoms with van der Waals surface area (Å²) in [7, 11) is 0. The lowest BCUT2D eigenvalue weighted by Crippen LogP contribution is -2.12. The van der Waals surface area contributed by atoms with Crippen molar-refractivity contribution in [1.82, 2.24) is 0 Å². The summed E-state index contributed by atoms with van der Waals surface area (Å²) < 4.78 is 38.9. The molecule has 0 amide bonds. The number of rotatable bonds is 2. The summed E-state index contributed by atoms with van der Waals surface area (Å²) >= 11 is 3.14. The standard InChI is InChI=1S/C12H6BrF3O/c13-9-5-8(11(17)12(15)16)10(14)7-4-2-1-3-6(7)9/h1-5,12H. The molecule has 2 aromatic carbocycles. The highest BCUT2D eigenvalue weighted by Gasteiger charge is 2.23. The Kier molecular flexibility index (Phi) is 3.19. The molecule has 2 aromatic rings. The number of hydrogen-bond acceptors (Lipinski definition) is 1. The lowest BCUT2D eigenvalue weighted by molar-refractivity contribution is 0.0674. The Morgan fingerprint density at radius 3 is 2.35 bits per heavy atom. The van der Waals surface area contributed by atoms with Crippen LogP contribution in [0.15, 0.2) is 34.8 Å². The predicted molar refractivity (Wildman–Crippen MR) is 61.9 cm³/mol. The van der Waals surface area contributed by atoms with E-state index in [2.05, 4.69) is 15.9 Å². The summed E-state index contributed by atoms with van der Waals surface area (Å²) in [6.45, 7) is 0. The first-order valence-corrected chi connectivity index (χ1v) is 5.50. The average molecular weight is 303 g/mol. The summed E-state index contributed by atoms with van der Waals surface area (Å²) in [5.41, 5.74) is -0.592. The van der Waals surface area contributed by atoms with Gasteiger partial charge in [-0.1, -0.05) is 40.2 Å². The van der Waals surface area contributed by atoms with Crippen molar-refractivity contribution in [2.75, 3.05) is 0 Å². The molecular weight excluding hydrogens is 297 g/mol. The molecule has 0 atom stereocenters. The predicted octanol–water partition coefficient (Wildman–Crippen LogP) is 4.19. The second kappa shape index (κ2) is 4.49. The molecule has 0 N–H and O–H groups in total. The van der Waals surface area contributed by atoms with E-state index in [0.717, 1.165) is 6.07 Å². The van der Waals surface area contributed by atoms with E-state index in [1.807, 2.05) is 0 Å². The van der Waals surface area contributed by atoms with Crippen LogP contribution in [0, 0.1) is 5.82 Å². The Labute approximate surface area is 103 Å². The number of carbonyl (C=O) groups excluding carboxylic acids is 1. The van der Waals surface area contributed by atoms with Crippen LogP contribution in [0.2, 0.25) is 0 Å². The van der Waals surface area contributed by atoms with Gasteiger partial charge in [-0.05, 0) is 11.5 Å². The molecule has 0 radical (unpaired) electrons. The number of fused-ring (bicyclic) bond motifs is 1. The zero-order valence-electron chi connectivity index (χ0n) is 8.38. The van der Waals surface area contributed by atoms with Gasteiger partial charge in [-0.25, -0.2) is 13.2 Å². The summed E-state index contributed by atoms with van der Waals surface area (Å²) in [6.07, 6.45) is -3.21. The maximum Gasteiger partial charge on any atom is 0.300 e. The Morgan fingerprint density at radius 2 is 1.76 bits per heavy atom. The van der Waals surface area contributed by atoms with Gasteiger partial charge in [0.15, 0.2) is 0 Å². The first-order valence-electron chi connectivity index (χ1n) is 4.71. The molecule has 0 unspecified atom stereocenters. The minimum Gasteiger partial charge on any atom is -0.288 e. The third kappa shape index (κ3) is 2.07.